The minimum absolute atomic E-state index is 0.0886. The fraction of sp³-hybridized carbons (Fsp3) is 0.192. The highest BCUT2D eigenvalue weighted by Crippen LogP contribution is 2.13. The number of carbonyl (C=O) groups excluding carboxylic acids is 2. The van der Waals surface area contributed by atoms with Gasteiger partial charge in [-0.3, -0.25) is 9.59 Å². The number of rotatable bonds is 9. The standard InChI is InChI=1S/C26H23F2N3O2/c27-21-12-7-13-22(28)24(21)26(33)31-23(16-19-10-5-2-6-11-19)25(32)30-20(17-29)15-14-18-8-3-1-4-9-18/h1-13,20,23H,14-16H2,(H,30,32)(H,31,33)/t20-,23-/m0/s1. The summed E-state index contributed by atoms with van der Waals surface area (Å²) in [6, 6.07) is 21.7. The predicted molar refractivity (Wildman–Crippen MR) is 120 cm³/mol. The van der Waals surface area contributed by atoms with Crippen molar-refractivity contribution in [2.24, 2.45) is 0 Å². The highest BCUT2D eigenvalue weighted by atomic mass is 19.1. The molecule has 0 spiro atoms. The van der Waals surface area contributed by atoms with E-state index in [0.29, 0.717) is 12.8 Å². The second-order valence-electron chi connectivity index (χ2n) is 7.53. The Morgan fingerprint density at radius 3 is 1.97 bits per heavy atom. The quantitative estimate of drug-likeness (QED) is 0.521. The first kappa shape index (κ1) is 23.6. The number of hydrogen-bond acceptors (Lipinski definition) is 3. The van der Waals surface area contributed by atoms with E-state index in [1.165, 1.54) is 0 Å². The van der Waals surface area contributed by atoms with Crippen LogP contribution >= 0.6 is 0 Å². The third kappa shape index (κ3) is 6.71. The Hall–Kier alpha value is -4.05. The summed E-state index contributed by atoms with van der Waals surface area (Å²) in [5.74, 6) is -3.70. The molecule has 3 rings (SSSR count). The molecule has 0 aromatic heterocycles. The molecule has 7 heteroatoms. The topological polar surface area (TPSA) is 82.0 Å². The first-order valence-electron chi connectivity index (χ1n) is 10.5. The average molecular weight is 447 g/mol. The van der Waals surface area contributed by atoms with Crippen LogP contribution in [0.15, 0.2) is 78.9 Å². The molecule has 2 N–H and O–H groups in total. The first-order chi connectivity index (χ1) is 16.0. The summed E-state index contributed by atoms with van der Waals surface area (Å²) in [5, 5.41) is 14.6. The maximum atomic E-state index is 14.1. The number of amides is 2. The van der Waals surface area contributed by atoms with Crippen molar-refractivity contribution in [1.82, 2.24) is 10.6 Å². The number of halogens is 2. The maximum absolute atomic E-state index is 14.1. The third-order valence-corrected chi connectivity index (χ3v) is 5.13. The average Bonchev–Trinajstić information content (AvgIpc) is 2.82. The van der Waals surface area contributed by atoms with Crippen LogP contribution in [0.25, 0.3) is 0 Å². The second kappa shape index (κ2) is 11.5. The lowest BCUT2D eigenvalue weighted by atomic mass is 10.0. The Labute approximate surface area is 191 Å². The monoisotopic (exact) mass is 447 g/mol. The van der Waals surface area contributed by atoms with Crippen molar-refractivity contribution in [3.05, 3.63) is 107 Å². The third-order valence-electron chi connectivity index (χ3n) is 5.13. The zero-order valence-electron chi connectivity index (χ0n) is 17.8. The lowest BCUT2D eigenvalue weighted by Crippen LogP contribution is -2.50. The van der Waals surface area contributed by atoms with Gasteiger partial charge in [0.2, 0.25) is 5.91 Å². The molecule has 0 saturated heterocycles. The zero-order valence-corrected chi connectivity index (χ0v) is 17.8. The molecular formula is C26H23F2N3O2. The minimum Gasteiger partial charge on any atom is -0.340 e. The largest absolute Gasteiger partial charge is 0.340 e. The van der Waals surface area contributed by atoms with Crippen LogP contribution < -0.4 is 10.6 Å². The van der Waals surface area contributed by atoms with Gasteiger partial charge in [-0.25, -0.2) is 8.78 Å². The van der Waals surface area contributed by atoms with Crippen LogP contribution in [0, 0.1) is 23.0 Å². The lowest BCUT2D eigenvalue weighted by Gasteiger charge is -2.21. The van der Waals surface area contributed by atoms with Crippen molar-refractivity contribution < 1.29 is 18.4 Å². The molecule has 0 unspecified atom stereocenters. The highest BCUT2D eigenvalue weighted by molar-refractivity contribution is 5.98. The van der Waals surface area contributed by atoms with E-state index >= 15 is 0 Å². The molecule has 168 valence electrons. The molecule has 5 nitrogen and oxygen atoms in total. The van der Waals surface area contributed by atoms with Crippen molar-refractivity contribution in [1.29, 1.82) is 5.26 Å². The zero-order chi connectivity index (χ0) is 23.6. The first-order valence-corrected chi connectivity index (χ1v) is 10.5. The molecule has 0 bridgehead atoms. The number of nitrogens with one attached hydrogen (secondary N) is 2. The number of carbonyl (C=O) groups is 2. The fourth-order valence-corrected chi connectivity index (χ4v) is 3.40. The summed E-state index contributed by atoms with van der Waals surface area (Å²) in [7, 11) is 0. The summed E-state index contributed by atoms with van der Waals surface area (Å²) >= 11 is 0. The van der Waals surface area contributed by atoms with Crippen molar-refractivity contribution >= 4 is 11.8 Å². The molecule has 2 amide bonds. The summed E-state index contributed by atoms with van der Waals surface area (Å²) in [4.78, 5) is 25.6. The van der Waals surface area contributed by atoms with Gasteiger partial charge in [-0.2, -0.15) is 5.26 Å². The summed E-state index contributed by atoms with van der Waals surface area (Å²) in [5.41, 5.74) is 1.00. The molecule has 0 aliphatic heterocycles. The SMILES string of the molecule is N#C[C@H](CCc1ccccc1)NC(=O)[C@H](Cc1ccccc1)NC(=O)c1c(F)cccc1F. The maximum Gasteiger partial charge on any atom is 0.257 e. The summed E-state index contributed by atoms with van der Waals surface area (Å²) in [6.07, 6.45) is 1.04. The normalized spacial score (nSPS) is 12.3. The fourth-order valence-electron chi connectivity index (χ4n) is 3.40. The molecule has 3 aromatic rings. The van der Waals surface area contributed by atoms with E-state index in [9.17, 15) is 23.6 Å². The van der Waals surface area contributed by atoms with Crippen LogP contribution in [0.2, 0.25) is 0 Å². The van der Waals surface area contributed by atoms with E-state index in [4.69, 9.17) is 0 Å². The van der Waals surface area contributed by atoms with Gasteiger partial charge in [0, 0.05) is 6.42 Å². The van der Waals surface area contributed by atoms with E-state index in [1.807, 2.05) is 30.3 Å². The molecule has 0 aliphatic carbocycles. The van der Waals surface area contributed by atoms with Crippen LogP contribution in [-0.2, 0) is 17.6 Å². The van der Waals surface area contributed by atoms with E-state index in [0.717, 1.165) is 29.3 Å². The summed E-state index contributed by atoms with van der Waals surface area (Å²) < 4.78 is 28.1. The lowest BCUT2D eigenvalue weighted by molar-refractivity contribution is -0.123. The van der Waals surface area contributed by atoms with E-state index in [2.05, 4.69) is 16.7 Å². The van der Waals surface area contributed by atoms with E-state index in [1.54, 1.807) is 30.3 Å². The molecule has 0 heterocycles. The van der Waals surface area contributed by atoms with Gasteiger partial charge < -0.3 is 10.6 Å². The van der Waals surface area contributed by atoms with Crippen LogP contribution in [0.5, 0.6) is 0 Å². The molecule has 33 heavy (non-hydrogen) atoms. The van der Waals surface area contributed by atoms with Gasteiger partial charge in [0.15, 0.2) is 0 Å². The number of aryl methyl sites for hydroxylation is 1. The molecule has 0 aliphatic rings. The van der Waals surface area contributed by atoms with Crippen LogP contribution in [0.3, 0.4) is 0 Å². The summed E-state index contributed by atoms with van der Waals surface area (Å²) in [6.45, 7) is 0. The smallest absolute Gasteiger partial charge is 0.257 e. The number of nitriles is 1. The van der Waals surface area contributed by atoms with Crippen LogP contribution in [0.4, 0.5) is 8.78 Å². The van der Waals surface area contributed by atoms with Gasteiger partial charge >= 0.3 is 0 Å². The Balaban J connectivity index is 1.74. The molecule has 0 radical (unpaired) electrons. The van der Waals surface area contributed by atoms with Crippen molar-refractivity contribution in [3.63, 3.8) is 0 Å². The molecular weight excluding hydrogens is 424 g/mol. The van der Waals surface area contributed by atoms with Crippen LogP contribution in [-0.4, -0.2) is 23.9 Å². The van der Waals surface area contributed by atoms with E-state index < -0.39 is 41.1 Å². The molecule has 0 saturated carbocycles. The highest BCUT2D eigenvalue weighted by Gasteiger charge is 2.26. The van der Waals surface area contributed by atoms with Crippen molar-refractivity contribution in [3.8, 4) is 6.07 Å². The van der Waals surface area contributed by atoms with Crippen molar-refractivity contribution in [2.75, 3.05) is 0 Å². The van der Waals surface area contributed by atoms with Gasteiger partial charge in [0.25, 0.3) is 5.91 Å². The Kier molecular flexibility index (Phi) is 8.25. The minimum atomic E-state index is -1.13. The number of nitrogens with zero attached hydrogens (tertiary/aromatic N) is 1. The van der Waals surface area contributed by atoms with Gasteiger partial charge in [-0.15, -0.1) is 0 Å². The van der Waals surface area contributed by atoms with Crippen molar-refractivity contribution in [2.45, 2.75) is 31.3 Å². The Morgan fingerprint density at radius 1 is 0.818 bits per heavy atom. The Morgan fingerprint density at radius 2 is 1.39 bits per heavy atom. The number of benzene rings is 3. The van der Waals surface area contributed by atoms with Gasteiger partial charge in [0.1, 0.15) is 29.3 Å². The predicted octanol–water partition coefficient (Wildman–Crippen LogP) is 3.95. The van der Waals surface area contributed by atoms with Gasteiger partial charge in [-0.1, -0.05) is 66.7 Å². The Bertz CT molecular complexity index is 1110. The molecule has 0 fully saturated rings. The molecule has 3 aromatic carbocycles. The van der Waals surface area contributed by atoms with Gasteiger partial charge in [0.05, 0.1) is 6.07 Å². The second-order valence-corrected chi connectivity index (χ2v) is 7.53. The van der Waals surface area contributed by atoms with Crippen LogP contribution in [0.1, 0.15) is 27.9 Å². The number of hydrogen-bond donors (Lipinski definition) is 2. The van der Waals surface area contributed by atoms with E-state index in [-0.39, 0.29) is 6.42 Å². The molecule has 2 atom stereocenters. The van der Waals surface area contributed by atoms with Gasteiger partial charge in [-0.05, 0) is 36.1 Å².